The monoisotopic (exact) mass is 262 g/mol. The third kappa shape index (κ3) is 2.21. The summed E-state index contributed by atoms with van der Waals surface area (Å²) in [5, 5.41) is 8.03. The van der Waals surface area contributed by atoms with Crippen LogP contribution in [0.25, 0.3) is 0 Å². The SMILES string of the molecule is CNC1CC2CCC(C1)N2Cc1c(C)nn(C)c1C. The van der Waals surface area contributed by atoms with E-state index in [1.165, 1.54) is 42.6 Å². The van der Waals surface area contributed by atoms with Crippen molar-refractivity contribution in [1.82, 2.24) is 20.0 Å². The van der Waals surface area contributed by atoms with Crippen molar-refractivity contribution in [2.24, 2.45) is 7.05 Å². The molecule has 2 atom stereocenters. The van der Waals surface area contributed by atoms with Gasteiger partial charge in [-0.25, -0.2) is 0 Å². The van der Waals surface area contributed by atoms with E-state index in [0.717, 1.165) is 24.7 Å². The summed E-state index contributed by atoms with van der Waals surface area (Å²) < 4.78 is 2.02. The highest BCUT2D eigenvalue weighted by Crippen LogP contribution is 2.37. The lowest BCUT2D eigenvalue weighted by Gasteiger charge is -2.39. The number of hydrogen-bond acceptors (Lipinski definition) is 3. The maximum atomic E-state index is 4.56. The second kappa shape index (κ2) is 4.91. The lowest BCUT2D eigenvalue weighted by atomic mass is 9.96. The van der Waals surface area contributed by atoms with Crippen LogP contribution in [0.2, 0.25) is 0 Å². The van der Waals surface area contributed by atoms with E-state index in [-0.39, 0.29) is 0 Å². The van der Waals surface area contributed by atoms with Crippen molar-refractivity contribution in [1.29, 1.82) is 0 Å². The fraction of sp³-hybridized carbons (Fsp3) is 0.800. The zero-order valence-corrected chi connectivity index (χ0v) is 12.6. The van der Waals surface area contributed by atoms with Crippen molar-refractivity contribution in [3.05, 3.63) is 17.0 Å². The summed E-state index contributed by atoms with van der Waals surface area (Å²) in [6, 6.07) is 2.27. The summed E-state index contributed by atoms with van der Waals surface area (Å²) in [4.78, 5) is 2.74. The molecule has 2 aliphatic heterocycles. The van der Waals surface area contributed by atoms with E-state index >= 15 is 0 Å². The van der Waals surface area contributed by atoms with Gasteiger partial charge in [0.05, 0.1) is 5.69 Å². The van der Waals surface area contributed by atoms with Crippen LogP contribution in [0.4, 0.5) is 0 Å². The third-order valence-corrected chi connectivity index (χ3v) is 5.29. The first-order valence-electron chi connectivity index (χ1n) is 7.52. The van der Waals surface area contributed by atoms with Gasteiger partial charge in [0, 0.05) is 43.0 Å². The Morgan fingerprint density at radius 1 is 1.21 bits per heavy atom. The van der Waals surface area contributed by atoms with Crippen LogP contribution >= 0.6 is 0 Å². The maximum Gasteiger partial charge on any atom is 0.0641 e. The highest BCUT2D eigenvalue weighted by Gasteiger charge is 2.40. The molecule has 106 valence electrons. The molecule has 3 rings (SSSR count). The molecule has 0 aliphatic carbocycles. The number of piperidine rings is 1. The molecular weight excluding hydrogens is 236 g/mol. The number of rotatable bonds is 3. The van der Waals surface area contributed by atoms with Gasteiger partial charge in [0.15, 0.2) is 0 Å². The highest BCUT2D eigenvalue weighted by atomic mass is 15.3. The molecule has 4 nitrogen and oxygen atoms in total. The van der Waals surface area contributed by atoms with Gasteiger partial charge < -0.3 is 5.32 Å². The predicted molar refractivity (Wildman–Crippen MR) is 77.1 cm³/mol. The molecular formula is C15H26N4. The first kappa shape index (κ1) is 13.1. The number of aromatic nitrogens is 2. The van der Waals surface area contributed by atoms with E-state index in [9.17, 15) is 0 Å². The Bertz CT molecular complexity index is 451. The zero-order valence-electron chi connectivity index (χ0n) is 12.6. The summed E-state index contributed by atoms with van der Waals surface area (Å²) in [7, 11) is 4.16. The summed E-state index contributed by atoms with van der Waals surface area (Å²) >= 11 is 0. The summed E-state index contributed by atoms with van der Waals surface area (Å²) in [6.07, 6.45) is 5.37. The zero-order chi connectivity index (χ0) is 13.6. The Morgan fingerprint density at radius 3 is 2.32 bits per heavy atom. The molecule has 19 heavy (non-hydrogen) atoms. The van der Waals surface area contributed by atoms with Crippen molar-refractivity contribution in [3.8, 4) is 0 Å². The van der Waals surface area contributed by atoms with Gasteiger partial charge in [0.2, 0.25) is 0 Å². The van der Waals surface area contributed by atoms with E-state index in [4.69, 9.17) is 0 Å². The van der Waals surface area contributed by atoms with Crippen LogP contribution in [-0.4, -0.2) is 39.9 Å². The minimum atomic E-state index is 0.727. The normalized spacial score (nSPS) is 31.1. The Labute approximate surface area is 116 Å². The third-order valence-electron chi connectivity index (χ3n) is 5.29. The lowest BCUT2D eigenvalue weighted by molar-refractivity contribution is 0.111. The fourth-order valence-corrected chi connectivity index (χ4v) is 4.00. The van der Waals surface area contributed by atoms with Crippen molar-refractivity contribution in [2.45, 2.75) is 64.2 Å². The molecule has 1 aromatic heterocycles. The van der Waals surface area contributed by atoms with E-state index in [2.05, 4.69) is 36.2 Å². The first-order valence-corrected chi connectivity index (χ1v) is 7.52. The van der Waals surface area contributed by atoms with Crippen molar-refractivity contribution in [2.75, 3.05) is 7.05 Å². The average molecular weight is 262 g/mol. The molecule has 3 heterocycles. The Hall–Kier alpha value is -0.870. The fourth-order valence-electron chi connectivity index (χ4n) is 4.00. The van der Waals surface area contributed by atoms with Gasteiger partial charge in [-0.05, 0) is 46.6 Å². The van der Waals surface area contributed by atoms with Crippen LogP contribution in [0.1, 0.15) is 42.6 Å². The predicted octanol–water partition coefficient (Wildman–Crippen LogP) is 1.75. The summed E-state index contributed by atoms with van der Waals surface area (Å²) in [6.45, 7) is 5.43. The molecule has 0 amide bonds. The van der Waals surface area contributed by atoms with Crippen LogP contribution in [-0.2, 0) is 13.6 Å². The standard InChI is InChI=1S/C15H26N4/c1-10-15(11(2)18(4)17-10)9-19-13-5-6-14(19)8-12(7-13)16-3/h12-14,16H,5-9H2,1-4H3. The molecule has 2 bridgehead atoms. The van der Waals surface area contributed by atoms with Crippen molar-refractivity contribution >= 4 is 0 Å². The van der Waals surface area contributed by atoms with E-state index in [0.29, 0.717) is 0 Å². The second-order valence-corrected chi connectivity index (χ2v) is 6.29. The van der Waals surface area contributed by atoms with Crippen molar-refractivity contribution < 1.29 is 0 Å². The van der Waals surface area contributed by atoms with Gasteiger partial charge in [-0.15, -0.1) is 0 Å². The first-order chi connectivity index (χ1) is 9.10. The molecule has 2 fully saturated rings. The lowest BCUT2D eigenvalue weighted by Crippen LogP contribution is -2.47. The van der Waals surface area contributed by atoms with Gasteiger partial charge in [-0.2, -0.15) is 5.10 Å². The van der Waals surface area contributed by atoms with Crippen LogP contribution in [0, 0.1) is 13.8 Å². The minimum absolute atomic E-state index is 0.727. The van der Waals surface area contributed by atoms with Crippen LogP contribution in [0.5, 0.6) is 0 Å². The quantitative estimate of drug-likeness (QED) is 0.901. The van der Waals surface area contributed by atoms with Crippen LogP contribution < -0.4 is 5.32 Å². The molecule has 0 radical (unpaired) electrons. The molecule has 0 spiro atoms. The molecule has 4 heteroatoms. The van der Waals surface area contributed by atoms with E-state index in [1.807, 2.05) is 11.7 Å². The average Bonchev–Trinajstić information content (AvgIpc) is 2.77. The number of nitrogens with one attached hydrogen (secondary N) is 1. The van der Waals surface area contributed by atoms with Crippen molar-refractivity contribution in [3.63, 3.8) is 0 Å². The number of nitrogens with zero attached hydrogens (tertiary/aromatic N) is 3. The minimum Gasteiger partial charge on any atom is -0.317 e. The number of fused-ring (bicyclic) bond motifs is 2. The summed E-state index contributed by atoms with van der Waals surface area (Å²) in [5.41, 5.74) is 3.98. The molecule has 2 unspecified atom stereocenters. The van der Waals surface area contributed by atoms with Gasteiger partial charge >= 0.3 is 0 Å². The Kier molecular flexibility index (Phi) is 3.39. The maximum absolute atomic E-state index is 4.56. The van der Waals surface area contributed by atoms with E-state index in [1.54, 1.807) is 0 Å². The van der Waals surface area contributed by atoms with Gasteiger partial charge in [0.1, 0.15) is 0 Å². The van der Waals surface area contributed by atoms with Crippen LogP contribution in [0.3, 0.4) is 0 Å². The Balaban J connectivity index is 1.78. The molecule has 2 saturated heterocycles. The largest absolute Gasteiger partial charge is 0.317 e. The van der Waals surface area contributed by atoms with Gasteiger partial charge in [-0.1, -0.05) is 0 Å². The smallest absolute Gasteiger partial charge is 0.0641 e. The van der Waals surface area contributed by atoms with Gasteiger partial charge in [0.25, 0.3) is 0 Å². The highest BCUT2D eigenvalue weighted by molar-refractivity contribution is 5.24. The number of aryl methyl sites for hydroxylation is 2. The number of hydrogen-bond donors (Lipinski definition) is 1. The Morgan fingerprint density at radius 2 is 1.84 bits per heavy atom. The molecule has 0 aromatic carbocycles. The molecule has 1 N–H and O–H groups in total. The molecule has 0 saturated carbocycles. The van der Waals surface area contributed by atoms with Crippen LogP contribution in [0.15, 0.2) is 0 Å². The molecule has 1 aromatic rings. The van der Waals surface area contributed by atoms with E-state index < -0.39 is 0 Å². The summed E-state index contributed by atoms with van der Waals surface area (Å²) in [5.74, 6) is 0. The molecule has 2 aliphatic rings. The van der Waals surface area contributed by atoms with Gasteiger partial charge in [-0.3, -0.25) is 9.58 Å². The second-order valence-electron chi connectivity index (χ2n) is 6.29. The topological polar surface area (TPSA) is 33.1 Å².